The van der Waals surface area contributed by atoms with Gasteiger partial charge in [-0.3, -0.25) is 14.4 Å². The first-order valence-electron chi connectivity index (χ1n) is 12.1. The number of nitrogens with zero attached hydrogens (tertiary/aromatic N) is 1. The number of benzene rings is 3. The fourth-order valence-corrected chi connectivity index (χ4v) is 7.25. The SMILES string of the molecule is O=C(c1cccs1)[C@@H]1[C@H](c2ccccc2F)C2(C(=O)c3ccccc3C2=O)[C@@H]2C=Cc3ccccc3N12. The summed E-state index contributed by atoms with van der Waals surface area (Å²) in [6.07, 6.45) is 3.75. The third-order valence-corrected chi connectivity index (χ3v) is 8.87. The van der Waals surface area contributed by atoms with Gasteiger partial charge in [0, 0.05) is 22.7 Å². The third-order valence-electron chi connectivity index (χ3n) is 7.99. The molecule has 1 aliphatic carbocycles. The Bertz CT molecular complexity index is 1600. The molecule has 1 aromatic heterocycles. The quantitative estimate of drug-likeness (QED) is 0.246. The van der Waals surface area contributed by atoms with E-state index in [1.165, 1.54) is 17.4 Å². The highest BCUT2D eigenvalue weighted by molar-refractivity contribution is 7.12. The maximum Gasteiger partial charge on any atom is 0.195 e. The summed E-state index contributed by atoms with van der Waals surface area (Å²) >= 11 is 1.30. The number of carbonyl (C=O) groups excluding carboxylic acids is 3. The van der Waals surface area contributed by atoms with Crippen molar-refractivity contribution in [2.45, 2.75) is 18.0 Å². The fraction of sp³-hybridized carbons (Fsp3) is 0.129. The molecule has 1 fully saturated rings. The molecule has 0 bridgehead atoms. The molecular formula is C31H20FNO3S. The topological polar surface area (TPSA) is 54.5 Å². The van der Waals surface area contributed by atoms with Crippen LogP contribution in [-0.4, -0.2) is 29.4 Å². The predicted molar refractivity (Wildman–Crippen MR) is 141 cm³/mol. The van der Waals surface area contributed by atoms with E-state index in [0.29, 0.717) is 16.0 Å². The Hall–Kier alpha value is -4.16. The Morgan fingerprint density at radius 1 is 0.838 bits per heavy atom. The molecule has 3 atom stereocenters. The molecule has 3 aliphatic rings. The average Bonchev–Trinajstić information content (AvgIpc) is 3.62. The average molecular weight is 506 g/mol. The molecule has 1 spiro atoms. The monoisotopic (exact) mass is 505 g/mol. The summed E-state index contributed by atoms with van der Waals surface area (Å²) in [5, 5.41) is 1.82. The number of ketones is 3. The van der Waals surface area contributed by atoms with Crippen LogP contribution in [0.2, 0.25) is 0 Å². The van der Waals surface area contributed by atoms with Crippen LogP contribution >= 0.6 is 11.3 Å². The number of fused-ring (bicyclic) bond motifs is 5. The molecular weight excluding hydrogens is 485 g/mol. The first-order valence-corrected chi connectivity index (χ1v) is 13.0. The second-order valence-corrected chi connectivity index (χ2v) is 10.6. The number of carbonyl (C=O) groups is 3. The molecule has 3 aromatic carbocycles. The molecule has 6 heteroatoms. The van der Waals surface area contributed by atoms with E-state index in [1.54, 1.807) is 54.6 Å². The molecule has 180 valence electrons. The van der Waals surface area contributed by atoms with E-state index in [9.17, 15) is 14.4 Å². The van der Waals surface area contributed by atoms with Crippen molar-refractivity contribution in [2.24, 2.45) is 5.41 Å². The Balaban J connectivity index is 1.58. The summed E-state index contributed by atoms with van der Waals surface area (Å²) < 4.78 is 15.6. The lowest BCUT2D eigenvalue weighted by molar-refractivity contribution is 0.0664. The van der Waals surface area contributed by atoms with E-state index in [4.69, 9.17) is 0 Å². The smallest absolute Gasteiger partial charge is 0.195 e. The summed E-state index contributed by atoms with van der Waals surface area (Å²) in [5.74, 6) is -2.52. The highest BCUT2D eigenvalue weighted by atomic mass is 32.1. The van der Waals surface area contributed by atoms with Crippen LogP contribution in [0, 0.1) is 11.2 Å². The molecule has 0 amide bonds. The van der Waals surface area contributed by atoms with Gasteiger partial charge in [-0.1, -0.05) is 78.9 Å². The molecule has 0 radical (unpaired) electrons. The van der Waals surface area contributed by atoms with Crippen LogP contribution in [0.1, 0.15) is 47.4 Å². The molecule has 0 saturated carbocycles. The highest BCUT2D eigenvalue weighted by Crippen LogP contribution is 2.61. The van der Waals surface area contributed by atoms with Crippen LogP contribution in [0.15, 0.2) is 96.4 Å². The van der Waals surface area contributed by atoms with Crippen molar-refractivity contribution in [3.05, 3.63) is 129 Å². The Labute approximate surface area is 216 Å². The maximum absolute atomic E-state index is 15.6. The zero-order valence-electron chi connectivity index (χ0n) is 19.5. The molecule has 2 aliphatic heterocycles. The second kappa shape index (κ2) is 7.92. The predicted octanol–water partition coefficient (Wildman–Crippen LogP) is 6.20. The van der Waals surface area contributed by atoms with E-state index >= 15 is 4.39 Å². The van der Waals surface area contributed by atoms with Crippen molar-refractivity contribution in [3.63, 3.8) is 0 Å². The van der Waals surface area contributed by atoms with Crippen LogP contribution in [0.5, 0.6) is 0 Å². The van der Waals surface area contributed by atoms with E-state index in [-0.39, 0.29) is 22.9 Å². The van der Waals surface area contributed by atoms with E-state index < -0.39 is 29.2 Å². The van der Waals surface area contributed by atoms with Gasteiger partial charge in [0.2, 0.25) is 0 Å². The van der Waals surface area contributed by atoms with Gasteiger partial charge in [0.05, 0.1) is 10.9 Å². The van der Waals surface area contributed by atoms with E-state index in [0.717, 1.165) is 11.3 Å². The number of para-hydroxylation sites is 1. The van der Waals surface area contributed by atoms with Crippen molar-refractivity contribution >= 4 is 40.4 Å². The number of halogens is 1. The van der Waals surface area contributed by atoms with Gasteiger partial charge in [0.15, 0.2) is 17.3 Å². The maximum atomic E-state index is 15.6. The highest BCUT2D eigenvalue weighted by Gasteiger charge is 2.71. The van der Waals surface area contributed by atoms with Crippen molar-refractivity contribution in [2.75, 3.05) is 4.90 Å². The number of anilines is 1. The van der Waals surface area contributed by atoms with Gasteiger partial charge >= 0.3 is 0 Å². The third kappa shape index (κ3) is 2.79. The molecule has 3 heterocycles. The second-order valence-electron chi connectivity index (χ2n) is 9.63. The Kier molecular flexibility index (Phi) is 4.72. The lowest BCUT2D eigenvalue weighted by atomic mass is 9.64. The standard InChI is InChI=1S/C31H20FNO3S/c32-22-12-5-4-11-21(22)26-27(28(34)24-14-7-17-37-24)33-23-13-6-1-8-18(23)15-16-25(33)31(26)29(35)19-9-2-3-10-20(19)30(31)36/h1-17,25-27H/t25-,26-,27-/m0/s1. The first kappa shape index (κ1) is 22.1. The van der Waals surface area contributed by atoms with Gasteiger partial charge in [-0.15, -0.1) is 11.3 Å². The summed E-state index contributed by atoms with van der Waals surface area (Å²) in [7, 11) is 0. The molecule has 1 saturated heterocycles. The van der Waals surface area contributed by atoms with Crippen molar-refractivity contribution in [1.29, 1.82) is 0 Å². The van der Waals surface area contributed by atoms with E-state index in [2.05, 4.69) is 0 Å². The largest absolute Gasteiger partial charge is 0.352 e. The van der Waals surface area contributed by atoms with Crippen molar-refractivity contribution < 1.29 is 18.8 Å². The van der Waals surface area contributed by atoms with E-state index in [1.807, 2.05) is 46.7 Å². The summed E-state index contributed by atoms with van der Waals surface area (Å²) in [6.45, 7) is 0. The van der Waals surface area contributed by atoms with Gasteiger partial charge in [-0.25, -0.2) is 4.39 Å². The van der Waals surface area contributed by atoms with Gasteiger partial charge in [0.1, 0.15) is 17.3 Å². The van der Waals surface area contributed by atoms with Gasteiger partial charge < -0.3 is 4.90 Å². The molecule has 4 nitrogen and oxygen atoms in total. The van der Waals surface area contributed by atoms with Gasteiger partial charge in [0.25, 0.3) is 0 Å². The number of hydrogen-bond acceptors (Lipinski definition) is 5. The molecule has 4 aromatic rings. The molecule has 37 heavy (non-hydrogen) atoms. The van der Waals surface area contributed by atoms with Gasteiger partial charge in [-0.05, 0) is 34.7 Å². The summed E-state index contributed by atoms with van der Waals surface area (Å²) in [5.41, 5.74) is 0.790. The normalized spacial score (nSPS) is 22.7. The van der Waals surface area contributed by atoms with Crippen LogP contribution in [0.4, 0.5) is 10.1 Å². The molecule has 0 N–H and O–H groups in total. The Morgan fingerprint density at radius 3 is 2.22 bits per heavy atom. The fourth-order valence-electron chi connectivity index (χ4n) is 6.55. The zero-order chi connectivity index (χ0) is 25.3. The summed E-state index contributed by atoms with van der Waals surface area (Å²) in [4.78, 5) is 45.6. The molecule has 7 rings (SSSR count). The number of Topliss-reactive ketones (excluding diaryl/α,β-unsaturated/α-hetero) is 3. The van der Waals surface area contributed by atoms with Crippen LogP contribution in [0.3, 0.4) is 0 Å². The van der Waals surface area contributed by atoms with Crippen molar-refractivity contribution in [3.8, 4) is 0 Å². The lowest BCUT2D eigenvalue weighted by Crippen LogP contribution is -2.48. The summed E-state index contributed by atoms with van der Waals surface area (Å²) in [6, 6.07) is 22.4. The van der Waals surface area contributed by atoms with Crippen LogP contribution < -0.4 is 4.90 Å². The molecule has 0 unspecified atom stereocenters. The number of hydrogen-bond donors (Lipinski definition) is 0. The first-order chi connectivity index (χ1) is 18.0. The number of rotatable bonds is 3. The van der Waals surface area contributed by atoms with Crippen LogP contribution in [-0.2, 0) is 0 Å². The minimum Gasteiger partial charge on any atom is -0.352 e. The minimum atomic E-state index is -1.69. The van der Waals surface area contributed by atoms with Crippen LogP contribution in [0.25, 0.3) is 6.08 Å². The minimum absolute atomic E-state index is 0.201. The zero-order valence-corrected chi connectivity index (χ0v) is 20.3. The van der Waals surface area contributed by atoms with Crippen molar-refractivity contribution in [1.82, 2.24) is 0 Å². The Morgan fingerprint density at radius 2 is 1.51 bits per heavy atom. The van der Waals surface area contributed by atoms with Gasteiger partial charge in [-0.2, -0.15) is 0 Å². The lowest BCUT2D eigenvalue weighted by Gasteiger charge is -2.37. The number of thiophene rings is 1.